The van der Waals surface area contributed by atoms with E-state index in [4.69, 9.17) is 4.74 Å². The molecule has 124 valence electrons. The van der Waals surface area contributed by atoms with Crippen LogP contribution in [-0.2, 0) is 4.74 Å². The van der Waals surface area contributed by atoms with Crippen LogP contribution in [0.15, 0.2) is 17.6 Å². The van der Waals surface area contributed by atoms with Crippen LogP contribution in [0, 0.1) is 6.92 Å². The van der Waals surface area contributed by atoms with E-state index in [1.165, 1.54) is 0 Å². The van der Waals surface area contributed by atoms with E-state index in [1.54, 1.807) is 17.5 Å². The van der Waals surface area contributed by atoms with Gasteiger partial charge in [-0.2, -0.15) is 0 Å². The van der Waals surface area contributed by atoms with Crippen molar-refractivity contribution in [2.45, 2.75) is 33.3 Å². The summed E-state index contributed by atoms with van der Waals surface area (Å²) in [6.45, 7) is 8.34. The summed E-state index contributed by atoms with van der Waals surface area (Å²) in [5.74, 6) is 0.499. The second-order valence-corrected chi connectivity index (χ2v) is 6.93. The van der Waals surface area contributed by atoms with Crippen LogP contribution < -0.4 is 10.6 Å². The maximum Gasteiger partial charge on any atom is 0.407 e. The van der Waals surface area contributed by atoms with Crippen molar-refractivity contribution in [3.05, 3.63) is 22.7 Å². The first-order valence-electron chi connectivity index (χ1n) is 7.30. The van der Waals surface area contributed by atoms with Gasteiger partial charge in [-0.3, -0.25) is 0 Å². The van der Waals surface area contributed by atoms with Gasteiger partial charge < -0.3 is 15.4 Å². The second kappa shape index (κ2) is 7.36. The average Bonchev–Trinajstić information content (AvgIpc) is 2.89. The zero-order valence-corrected chi connectivity index (χ0v) is 14.5. The summed E-state index contributed by atoms with van der Waals surface area (Å²) >= 11 is 1.58. The van der Waals surface area contributed by atoms with E-state index in [0.29, 0.717) is 19.0 Å². The molecule has 1 amide bonds. The van der Waals surface area contributed by atoms with Crippen molar-refractivity contribution in [3.63, 3.8) is 0 Å². The molecular weight excluding hydrogens is 314 g/mol. The van der Waals surface area contributed by atoms with Gasteiger partial charge in [-0.15, -0.1) is 11.3 Å². The third-order valence-electron chi connectivity index (χ3n) is 2.61. The summed E-state index contributed by atoms with van der Waals surface area (Å²) in [6.07, 6.45) is 1.24. The summed E-state index contributed by atoms with van der Waals surface area (Å²) < 4.78 is 5.15. The number of ether oxygens (including phenoxy) is 1. The fraction of sp³-hybridized carbons (Fsp3) is 0.467. The van der Waals surface area contributed by atoms with E-state index in [9.17, 15) is 4.79 Å². The Morgan fingerprint density at radius 2 is 2.04 bits per heavy atom. The van der Waals surface area contributed by atoms with E-state index in [1.807, 2.05) is 39.1 Å². The second-order valence-electron chi connectivity index (χ2n) is 5.87. The van der Waals surface area contributed by atoms with E-state index >= 15 is 0 Å². The minimum atomic E-state index is -0.499. The Kier molecular flexibility index (Phi) is 5.49. The standard InChI is InChI=1S/C15H21N5O2S/c1-10-19-12(9-23-10)11-5-6-16-13(20-11)17-7-8-18-14(21)22-15(2,3)4/h5-6,9H,7-8H2,1-4H3,(H,18,21)(H,16,17,20). The van der Waals surface area contributed by atoms with Gasteiger partial charge in [-0.05, 0) is 33.8 Å². The van der Waals surface area contributed by atoms with Gasteiger partial charge in [0, 0.05) is 24.7 Å². The zero-order chi connectivity index (χ0) is 16.9. The lowest BCUT2D eigenvalue weighted by Gasteiger charge is -2.19. The number of hydrogen-bond acceptors (Lipinski definition) is 7. The van der Waals surface area contributed by atoms with Gasteiger partial charge in [-0.25, -0.2) is 19.7 Å². The molecule has 0 aliphatic carbocycles. The van der Waals surface area contributed by atoms with Gasteiger partial charge in [0.05, 0.1) is 10.7 Å². The Morgan fingerprint density at radius 3 is 2.70 bits per heavy atom. The first kappa shape index (κ1) is 17.1. The number of aromatic nitrogens is 3. The minimum absolute atomic E-state index is 0.415. The number of alkyl carbamates (subject to hydrolysis) is 1. The van der Waals surface area contributed by atoms with Crippen LogP contribution in [0.2, 0.25) is 0 Å². The summed E-state index contributed by atoms with van der Waals surface area (Å²) in [7, 11) is 0. The summed E-state index contributed by atoms with van der Waals surface area (Å²) in [6, 6.07) is 1.82. The molecule has 0 saturated heterocycles. The topological polar surface area (TPSA) is 89.0 Å². The highest BCUT2D eigenvalue weighted by Crippen LogP contribution is 2.19. The maximum absolute atomic E-state index is 11.5. The first-order chi connectivity index (χ1) is 10.8. The fourth-order valence-electron chi connectivity index (χ4n) is 1.72. The molecule has 0 aromatic carbocycles. The number of nitrogens with one attached hydrogen (secondary N) is 2. The predicted molar refractivity (Wildman–Crippen MR) is 90.6 cm³/mol. The number of nitrogens with zero attached hydrogens (tertiary/aromatic N) is 3. The molecular formula is C15H21N5O2S. The molecule has 0 aliphatic rings. The van der Waals surface area contributed by atoms with Crippen LogP contribution in [0.25, 0.3) is 11.4 Å². The number of amides is 1. The zero-order valence-electron chi connectivity index (χ0n) is 13.7. The molecule has 2 rings (SSSR count). The fourth-order valence-corrected chi connectivity index (χ4v) is 2.33. The van der Waals surface area contributed by atoms with Crippen LogP contribution in [0.5, 0.6) is 0 Å². The molecule has 0 spiro atoms. The van der Waals surface area contributed by atoms with Crippen molar-refractivity contribution in [1.29, 1.82) is 0 Å². The highest BCUT2D eigenvalue weighted by molar-refractivity contribution is 7.09. The van der Waals surface area contributed by atoms with Gasteiger partial charge in [-0.1, -0.05) is 0 Å². The van der Waals surface area contributed by atoms with Gasteiger partial charge >= 0.3 is 6.09 Å². The number of thiazole rings is 1. The highest BCUT2D eigenvalue weighted by Gasteiger charge is 2.15. The molecule has 2 N–H and O–H groups in total. The lowest BCUT2D eigenvalue weighted by atomic mass is 10.2. The molecule has 0 aliphatic heterocycles. The molecule has 0 saturated carbocycles. The van der Waals surface area contributed by atoms with Crippen LogP contribution in [0.3, 0.4) is 0 Å². The Bertz CT molecular complexity index is 666. The van der Waals surface area contributed by atoms with Crippen molar-refractivity contribution in [2.24, 2.45) is 0 Å². The molecule has 8 heteroatoms. The molecule has 0 atom stereocenters. The summed E-state index contributed by atoms with van der Waals surface area (Å²) in [5, 5.41) is 8.69. The minimum Gasteiger partial charge on any atom is -0.444 e. The van der Waals surface area contributed by atoms with E-state index in [0.717, 1.165) is 16.4 Å². The normalized spacial score (nSPS) is 11.1. The third-order valence-corrected chi connectivity index (χ3v) is 3.39. The molecule has 2 heterocycles. The van der Waals surface area contributed by atoms with E-state index in [-0.39, 0.29) is 0 Å². The number of rotatable bonds is 5. The average molecular weight is 335 g/mol. The number of hydrogen-bond donors (Lipinski definition) is 2. The number of carbonyl (C=O) groups is 1. The summed E-state index contributed by atoms with van der Waals surface area (Å²) in [4.78, 5) is 24.5. The van der Waals surface area contributed by atoms with E-state index < -0.39 is 11.7 Å². The smallest absolute Gasteiger partial charge is 0.407 e. The molecule has 0 fully saturated rings. The molecule has 23 heavy (non-hydrogen) atoms. The van der Waals surface area contributed by atoms with Crippen molar-refractivity contribution in [2.75, 3.05) is 18.4 Å². The molecule has 2 aromatic heterocycles. The number of aryl methyl sites for hydroxylation is 1. The number of carbonyl (C=O) groups excluding carboxylic acids is 1. The van der Waals surface area contributed by atoms with Crippen LogP contribution >= 0.6 is 11.3 Å². The molecule has 2 aromatic rings. The van der Waals surface area contributed by atoms with Crippen molar-refractivity contribution in [1.82, 2.24) is 20.3 Å². The summed E-state index contributed by atoms with van der Waals surface area (Å²) in [5.41, 5.74) is 1.11. The Labute approximate surface area is 139 Å². The molecule has 0 bridgehead atoms. The lowest BCUT2D eigenvalue weighted by Crippen LogP contribution is -2.35. The van der Waals surface area contributed by atoms with E-state index in [2.05, 4.69) is 25.6 Å². The largest absolute Gasteiger partial charge is 0.444 e. The molecule has 0 unspecified atom stereocenters. The number of anilines is 1. The Balaban J connectivity index is 1.81. The van der Waals surface area contributed by atoms with Crippen molar-refractivity contribution < 1.29 is 9.53 Å². The predicted octanol–water partition coefficient (Wildman–Crippen LogP) is 2.85. The van der Waals surface area contributed by atoms with Crippen molar-refractivity contribution >= 4 is 23.4 Å². The van der Waals surface area contributed by atoms with Crippen LogP contribution in [0.4, 0.5) is 10.7 Å². The SMILES string of the molecule is Cc1nc(-c2ccnc(NCCNC(=O)OC(C)(C)C)n2)cs1. The third kappa shape index (κ3) is 5.82. The van der Waals surface area contributed by atoms with Crippen molar-refractivity contribution in [3.8, 4) is 11.4 Å². The van der Waals surface area contributed by atoms with Gasteiger partial charge in [0.25, 0.3) is 0 Å². The lowest BCUT2D eigenvalue weighted by molar-refractivity contribution is 0.0530. The van der Waals surface area contributed by atoms with Crippen LogP contribution in [-0.4, -0.2) is 39.7 Å². The Hall–Kier alpha value is -2.22. The monoisotopic (exact) mass is 335 g/mol. The van der Waals surface area contributed by atoms with Gasteiger partial charge in [0.2, 0.25) is 5.95 Å². The molecule has 0 radical (unpaired) electrons. The Morgan fingerprint density at radius 1 is 1.26 bits per heavy atom. The van der Waals surface area contributed by atoms with Gasteiger partial charge in [0.1, 0.15) is 11.3 Å². The highest BCUT2D eigenvalue weighted by atomic mass is 32.1. The molecule has 7 nitrogen and oxygen atoms in total. The quantitative estimate of drug-likeness (QED) is 0.817. The van der Waals surface area contributed by atoms with Crippen LogP contribution in [0.1, 0.15) is 25.8 Å². The first-order valence-corrected chi connectivity index (χ1v) is 8.18. The van der Waals surface area contributed by atoms with Gasteiger partial charge in [0.15, 0.2) is 0 Å². The maximum atomic E-state index is 11.5.